The van der Waals surface area contributed by atoms with Gasteiger partial charge in [-0.1, -0.05) is 5.16 Å². The number of thiophene rings is 1. The Morgan fingerprint density at radius 3 is 2.82 bits per heavy atom. The van der Waals surface area contributed by atoms with Crippen LogP contribution in [0.3, 0.4) is 0 Å². The first-order valence-electron chi connectivity index (χ1n) is 8.78. The fourth-order valence-electron chi connectivity index (χ4n) is 3.15. The topological polar surface area (TPSA) is 103 Å². The molecule has 144 valence electrons. The van der Waals surface area contributed by atoms with E-state index in [2.05, 4.69) is 10.1 Å². The maximum absolute atomic E-state index is 12.7. The van der Waals surface area contributed by atoms with Crippen LogP contribution in [0.1, 0.15) is 33.8 Å². The van der Waals surface area contributed by atoms with Gasteiger partial charge in [0.05, 0.1) is 27.2 Å². The number of rotatable bonds is 4. The van der Waals surface area contributed by atoms with E-state index in [1.165, 1.54) is 11.3 Å². The van der Waals surface area contributed by atoms with E-state index in [0.717, 1.165) is 14.7 Å². The Labute approximate surface area is 164 Å². The molecule has 2 amide bonds. The van der Waals surface area contributed by atoms with Crippen molar-refractivity contribution in [3.05, 3.63) is 34.3 Å². The molecule has 0 aliphatic carbocycles. The van der Waals surface area contributed by atoms with Gasteiger partial charge in [-0.3, -0.25) is 14.5 Å². The molecule has 0 spiro atoms. The van der Waals surface area contributed by atoms with Crippen LogP contribution in [0.25, 0.3) is 21.7 Å². The lowest BCUT2D eigenvalue weighted by atomic mass is 10.1. The van der Waals surface area contributed by atoms with E-state index in [-0.39, 0.29) is 17.2 Å². The third kappa shape index (κ3) is 3.29. The van der Waals surface area contributed by atoms with Gasteiger partial charge in [0.2, 0.25) is 5.91 Å². The van der Waals surface area contributed by atoms with E-state index >= 15 is 0 Å². The van der Waals surface area contributed by atoms with Crippen molar-refractivity contribution < 1.29 is 23.6 Å². The monoisotopic (exact) mass is 399 g/mol. The first-order chi connectivity index (χ1) is 13.4. The third-order valence-electron chi connectivity index (χ3n) is 4.53. The number of likely N-dealkylation sites (tertiary alicyclic amines) is 1. The largest absolute Gasteiger partial charge is 0.452 e. The number of esters is 1. The van der Waals surface area contributed by atoms with Crippen molar-refractivity contribution in [2.45, 2.75) is 26.7 Å². The van der Waals surface area contributed by atoms with E-state index < -0.39 is 18.5 Å². The number of carbonyl (C=O) groups is 3. The number of aryl methyl sites for hydroxylation is 2. The molecule has 9 heteroatoms. The number of imide groups is 1. The second kappa shape index (κ2) is 7.16. The molecule has 1 fully saturated rings. The minimum absolute atomic E-state index is 0.227. The number of amides is 2. The highest BCUT2D eigenvalue weighted by Gasteiger charge is 2.28. The summed E-state index contributed by atoms with van der Waals surface area (Å²) < 4.78 is 10.4. The zero-order valence-electron chi connectivity index (χ0n) is 15.4. The van der Waals surface area contributed by atoms with Gasteiger partial charge in [0.25, 0.3) is 11.6 Å². The van der Waals surface area contributed by atoms with Gasteiger partial charge < -0.3 is 9.26 Å². The molecule has 0 bridgehead atoms. The lowest BCUT2D eigenvalue weighted by Gasteiger charge is -2.13. The molecule has 0 N–H and O–H groups in total. The highest BCUT2D eigenvalue weighted by atomic mass is 32.1. The van der Waals surface area contributed by atoms with Gasteiger partial charge in [-0.25, -0.2) is 9.78 Å². The Hall–Kier alpha value is -3.07. The summed E-state index contributed by atoms with van der Waals surface area (Å²) in [6.07, 6.45) is 0.973. The summed E-state index contributed by atoms with van der Waals surface area (Å²) >= 11 is 1.54. The molecule has 0 saturated carbocycles. The minimum atomic E-state index is -0.687. The number of hydrogen-bond acceptors (Lipinski definition) is 8. The molecular formula is C19H17N3O5S. The predicted molar refractivity (Wildman–Crippen MR) is 101 cm³/mol. The molecule has 0 unspecified atom stereocenters. The first kappa shape index (κ1) is 18.3. The predicted octanol–water partition coefficient (Wildman–Crippen LogP) is 2.87. The summed E-state index contributed by atoms with van der Waals surface area (Å²) in [6, 6.07) is 5.49. The normalized spacial score (nSPS) is 14.1. The number of nitrogens with zero attached hydrogens (tertiary/aromatic N) is 3. The highest BCUT2D eigenvalue weighted by molar-refractivity contribution is 7.15. The van der Waals surface area contributed by atoms with Crippen LogP contribution in [0.2, 0.25) is 0 Å². The van der Waals surface area contributed by atoms with Crippen LogP contribution in [-0.4, -0.2) is 46.0 Å². The molecule has 1 aliphatic heterocycles. The van der Waals surface area contributed by atoms with Crippen molar-refractivity contribution >= 4 is 40.2 Å². The number of hydrogen-bond donors (Lipinski definition) is 0. The van der Waals surface area contributed by atoms with Crippen molar-refractivity contribution in [3.8, 4) is 10.6 Å². The van der Waals surface area contributed by atoms with E-state index in [9.17, 15) is 14.4 Å². The lowest BCUT2D eigenvalue weighted by molar-refractivity contribution is -0.143. The van der Waals surface area contributed by atoms with Crippen molar-refractivity contribution in [3.63, 3.8) is 0 Å². The summed E-state index contributed by atoms with van der Waals surface area (Å²) in [5, 5.41) is 4.34. The molecule has 8 nitrogen and oxygen atoms in total. The summed E-state index contributed by atoms with van der Waals surface area (Å²) in [5.41, 5.74) is 1.53. The maximum Gasteiger partial charge on any atom is 0.339 e. The van der Waals surface area contributed by atoms with Crippen LogP contribution in [0.4, 0.5) is 0 Å². The van der Waals surface area contributed by atoms with Crippen molar-refractivity contribution in [2.24, 2.45) is 0 Å². The molecule has 4 rings (SSSR count). The molecule has 4 heterocycles. The maximum atomic E-state index is 12.7. The van der Waals surface area contributed by atoms with Crippen molar-refractivity contribution in [2.75, 3.05) is 13.2 Å². The minimum Gasteiger partial charge on any atom is -0.452 e. The molecule has 0 atom stereocenters. The van der Waals surface area contributed by atoms with Crippen LogP contribution in [0.15, 0.2) is 22.7 Å². The van der Waals surface area contributed by atoms with Crippen LogP contribution < -0.4 is 0 Å². The van der Waals surface area contributed by atoms with Crippen molar-refractivity contribution in [1.82, 2.24) is 15.0 Å². The number of pyridine rings is 1. The second-order valence-corrected chi connectivity index (χ2v) is 7.82. The Morgan fingerprint density at radius 2 is 2.14 bits per heavy atom. The third-order valence-corrected chi connectivity index (χ3v) is 5.55. The van der Waals surface area contributed by atoms with Crippen molar-refractivity contribution in [1.29, 1.82) is 0 Å². The Balaban J connectivity index is 1.62. The number of aromatic nitrogens is 2. The van der Waals surface area contributed by atoms with E-state index in [0.29, 0.717) is 36.2 Å². The van der Waals surface area contributed by atoms with Gasteiger partial charge in [-0.2, -0.15) is 0 Å². The molecule has 0 aromatic carbocycles. The SMILES string of the molecule is Cc1ccc(-c2cc(C(=O)OCC(=O)N3CCCC3=O)c3c(C)noc3n2)s1. The van der Waals surface area contributed by atoms with Gasteiger partial charge in [-0.05, 0) is 38.5 Å². The quantitative estimate of drug-likeness (QED) is 0.622. The number of ether oxygens (including phenoxy) is 1. The molecule has 1 aliphatic rings. The van der Waals surface area contributed by atoms with E-state index in [4.69, 9.17) is 9.26 Å². The standard InChI is InChI=1S/C19H17N3O5S/c1-10-5-6-14(28-10)13-8-12(17-11(2)21-27-18(17)20-13)19(25)26-9-16(24)22-7-3-4-15(22)23/h5-6,8H,3-4,7,9H2,1-2H3. The summed E-state index contributed by atoms with van der Waals surface area (Å²) in [4.78, 5) is 44.1. The Bertz CT molecular complexity index is 1100. The molecule has 0 radical (unpaired) electrons. The van der Waals surface area contributed by atoms with E-state index in [1.54, 1.807) is 13.0 Å². The van der Waals surface area contributed by atoms with Crippen LogP contribution >= 0.6 is 11.3 Å². The molecule has 28 heavy (non-hydrogen) atoms. The Kier molecular flexibility index (Phi) is 4.68. The summed E-state index contributed by atoms with van der Waals surface area (Å²) in [7, 11) is 0. The van der Waals surface area contributed by atoms with Crippen LogP contribution in [-0.2, 0) is 14.3 Å². The fraction of sp³-hybridized carbons (Fsp3) is 0.316. The highest BCUT2D eigenvalue weighted by Crippen LogP contribution is 2.31. The average Bonchev–Trinajstić information content (AvgIpc) is 3.39. The zero-order valence-corrected chi connectivity index (χ0v) is 16.2. The Morgan fingerprint density at radius 1 is 1.32 bits per heavy atom. The number of fused-ring (bicyclic) bond motifs is 1. The van der Waals surface area contributed by atoms with Gasteiger partial charge in [0.15, 0.2) is 6.61 Å². The smallest absolute Gasteiger partial charge is 0.339 e. The second-order valence-electron chi connectivity index (χ2n) is 6.53. The first-order valence-corrected chi connectivity index (χ1v) is 9.60. The van der Waals surface area contributed by atoms with Crippen LogP contribution in [0, 0.1) is 13.8 Å². The zero-order chi connectivity index (χ0) is 19.8. The van der Waals surface area contributed by atoms with Gasteiger partial charge in [0.1, 0.15) is 0 Å². The van der Waals surface area contributed by atoms with Gasteiger partial charge in [0, 0.05) is 17.8 Å². The number of carbonyl (C=O) groups excluding carboxylic acids is 3. The van der Waals surface area contributed by atoms with Gasteiger partial charge >= 0.3 is 5.97 Å². The molecule has 1 saturated heterocycles. The molecular weight excluding hydrogens is 382 g/mol. The lowest BCUT2D eigenvalue weighted by Crippen LogP contribution is -2.35. The van der Waals surface area contributed by atoms with E-state index in [1.807, 2.05) is 19.1 Å². The summed E-state index contributed by atoms with van der Waals surface area (Å²) in [5.74, 6) is -1.44. The average molecular weight is 399 g/mol. The fourth-order valence-corrected chi connectivity index (χ4v) is 3.98. The molecule has 3 aromatic heterocycles. The van der Waals surface area contributed by atoms with Gasteiger partial charge in [-0.15, -0.1) is 11.3 Å². The molecule has 3 aromatic rings. The van der Waals surface area contributed by atoms with Crippen LogP contribution in [0.5, 0.6) is 0 Å². The summed E-state index contributed by atoms with van der Waals surface area (Å²) in [6.45, 7) is 3.55.